The van der Waals surface area contributed by atoms with Crippen LogP contribution in [-0.4, -0.2) is 55.7 Å². The number of para-hydroxylation sites is 1. The van der Waals surface area contributed by atoms with Gasteiger partial charge in [0.15, 0.2) is 0 Å². The first kappa shape index (κ1) is 27.3. The summed E-state index contributed by atoms with van der Waals surface area (Å²) >= 11 is 0. The van der Waals surface area contributed by atoms with Crippen molar-refractivity contribution in [3.8, 4) is 5.75 Å². The molecule has 0 fully saturated rings. The summed E-state index contributed by atoms with van der Waals surface area (Å²) in [6, 6.07) is 19.8. The van der Waals surface area contributed by atoms with Gasteiger partial charge in [0, 0.05) is 24.8 Å². The van der Waals surface area contributed by atoms with Crippen LogP contribution in [0.1, 0.15) is 69.0 Å². The Labute approximate surface area is 224 Å². The fourth-order valence-electron chi connectivity index (χ4n) is 5.13. The first-order valence-corrected chi connectivity index (χ1v) is 13.2. The number of aromatic nitrogens is 1. The Morgan fingerprint density at radius 1 is 0.947 bits per heavy atom. The molecule has 1 aliphatic carbocycles. The minimum absolute atomic E-state index is 0.201. The second-order valence-corrected chi connectivity index (χ2v) is 9.40. The van der Waals surface area contributed by atoms with Crippen LogP contribution in [0.15, 0.2) is 60.7 Å². The number of hydrogen-bond donors (Lipinski definition) is 0. The Morgan fingerprint density at radius 3 is 2.45 bits per heavy atom. The minimum Gasteiger partial charge on any atom is -0.496 e. The van der Waals surface area contributed by atoms with Crippen LogP contribution in [0.25, 0.3) is 0 Å². The zero-order chi connectivity index (χ0) is 26.9. The van der Waals surface area contributed by atoms with Gasteiger partial charge in [0.25, 0.3) is 0 Å². The molecule has 0 saturated carbocycles. The second kappa shape index (κ2) is 13.2. The van der Waals surface area contributed by atoms with E-state index in [4.69, 9.17) is 19.2 Å². The average Bonchev–Trinajstić information content (AvgIpc) is 2.97. The Morgan fingerprint density at radius 2 is 1.71 bits per heavy atom. The molecule has 1 aromatic heterocycles. The number of rotatable bonds is 11. The van der Waals surface area contributed by atoms with Crippen LogP contribution in [0.4, 0.5) is 0 Å². The fourth-order valence-corrected chi connectivity index (χ4v) is 5.13. The summed E-state index contributed by atoms with van der Waals surface area (Å²) in [6.45, 7) is 3.83. The Hall–Kier alpha value is -3.71. The third-order valence-electron chi connectivity index (χ3n) is 7.11. The number of benzene rings is 2. The molecule has 4 rings (SSSR count). The van der Waals surface area contributed by atoms with Gasteiger partial charge in [-0.15, -0.1) is 0 Å². The summed E-state index contributed by atoms with van der Waals surface area (Å²) in [4.78, 5) is 31.3. The van der Waals surface area contributed by atoms with Gasteiger partial charge in [0.1, 0.15) is 11.4 Å². The normalized spacial score (nSPS) is 14.6. The number of pyridine rings is 1. The molecular formula is C31H36N2O5. The SMILES string of the molecule is CCOC(=O)c1ccc2c(n1)CCCC2N(CCc1ccc(C(=O)OC)cc1)CCc1ccccc1OC. The highest BCUT2D eigenvalue weighted by Gasteiger charge is 2.28. The van der Waals surface area contributed by atoms with E-state index in [1.54, 1.807) is 20.1 Å². The van der Waals surface area contributed by atoms with Gasteiger partial charge in [-0.1, -0.05) is 36.4 Å². The molecule has 0 spiro atoms. The highest BCUT2D eigenvalue weighted by Crippen LogP contribution is 2.34. The molecule has 38 heavy (non-hydrogen) atoms. The van der Waals surface area contributed by atoms with E-state index in [2.05, 4.69) is 17.0 Å². The van der Waals surface area contributed by atoms with E-state index in [1.165, 1.54) is 18.2 Å². The lowest BCUT2D eigenvalue weighted by molar-refractivity contribution is 0.0517. The first-order valence-electron chi connectivity index (χ1n) is 13.2. The smallest absolute Gasteiger partial charge is 0.356 e. The highest BCUT2D eigenvalue weighted by molar-refractivity contribution is 5.89. The number of esters is 2. The quantitative estimate of drug-likeness (QED) is 0.324. The summed E-state index contributed by atoms with van der Waals surface area (Å²) in [5.41, 5.74) is 5.43. The maximum atomic E-state index is 12.3. The molecule has 0 saturated heterocycles. The van der Waals surface area contributed by atoms with E-state index >= 15 is 0 Å². The van der Waals surface area contributed by atoms with E-state index in [0.29, 0.717) is 17.9 Å². The third kappa shape index (κ3) is 6.58. The third-order valence-corrected chi connectivity index (χ3v) is 7.11. The number of ether oxygens (including phenoxy) is 3. The molecule has 7 nitrogen and oxygen atoms in total. The predicted octanol–water partition coefficient (Wildman–Crippen LogP) is 5.22. The van der Waals surface area contributed by atoms with Crippen molar-refractivity contribution in [1.29, 1.82) is 0 Å². The number of methoxy groups -OCH3 is 2. The number of carbonyl (C=O) groups is 2. The maximum absolute atomic E-state index is 12.3. The van der Waals surface area contributed by atoms with Crippen molar-refractivity contribution in [2.75, 3.05) is 33.9 Å². The molecule has 1 heterocycles. The Bertz CT molecular complexity index is 1240. The monoisotopic (exact) mass is 516 g/mol. The van der Waals surface area contributed by atoms with Crippen LogP contribution < -0.4 is 4.74 Å². The zero-order valence-electron chi connectivity index (χ0n) is 22.4. The van der Waals surface area contributed by atoms with Crippen LogP contribution in [0, 0.1) is 0 Å². The average molecular weight is 517 g/mol. The topological polar surface area (TPSA) is 78.0 Å². The van der Waals surface area contributed by atoms with Gasteiger partial charge in [-0.05, 0) is 80.0 Å². The lowest BCUT2D eigenvalue weighted by atomic mass is 9.89. The van der Waals surface area contributed by atoms with E-state index in [1.807, 2.05) is 42.5 Å². The Kier molecular flexibility index (Phi) is 9.49. The largest absolute Gasteiger partial charge is 0.496 e. The molecule has 200 valence electrons. The van der Waals surface area contributed by atoms with Crippen LogP contribution in [0.5, 0.6) is 5.75 Å². The summed E-state index contributed by atoms with van der Waals surface area (Å²) < 4.78 is 15.6. The number of aryl methyl sites for hydroxylation is 1. The molecule has 7 heteroatoms. The highest BCUT2D eigenvalue weighted by atomic mass is 16.5. The molecule has 1 aliphatic rings. The molecular weight excluding hydrogens is 480 g/mol. The van der Waals surface area contributed by atoms with Gasteiger partial charge in [0.05, 0.1) is 26.4 Å². The van der Waals surface area contributed by atoms with E-state index in [0.717, 1.165) is 62.2 Å². The van der Waals surface area contributed by atoms with Crippen LogP contribution in [-0.2, 0) is 28.7 Å². The van der Waals surface area contributed by atoms with E-state index in [-0.39, 0.29) is 18.0 Å². The van der Waals surface area contributed by atoms with Gasteiger partial charge in [0.2, 0.25) is 0 Å². The lowest BCUT2D eigenvalue weighted by Gasteiger charge is -2.36. The van der Waals surface area contributed by atoms with Crippen molar-refractivity contribution in [2.45, 2.75) is 45.1 Å². The fraction of sp³-hybridized carbons (Fsp3) is 0.387. The van der Waals surface area contributed by atoms with E-state index in [9.17, 15) is 9.59 Å². The number of nitrogens with zero attached hydrogens (tertiary/aromatic N) is 2. The molecule has 0 N–H and O–H groups in total. The molecule has 3 aromatic rings. The lowest BCUT2D eigenvalue weighted by Crippen LogP contribution is -2.35. The summed E-state index contributed by atoms with van der Waals surface area (Å²) in [5.74, 6) is 0.194. The Balaban J connectivity index is 1.56. The van der Waals surface area contributed by atoms with Gasteiger partial charge >= 0.3 is 11.9 Å². The summed E-state index contributed by atoms with van der Waals surface area (Å²) in [5, 5.41) is 0. The first-order chi connectivity index (χ1) is 18.5. The molecule has 2 aromatic carbocycles. The zero-order valence-corrected chi connectivity index (χ0v) is 22.4. The van der Waals surface area contributed by atoms with Crippen molar-refractivity contribution in [1.82, 2.24) is 9.88 Å². The van der Waals surface area contributed by atoms with Crippen LogP contribution in [0.2, 0.25) is 0 Å². The summed E-state index contributed by atoms with van der Waals surface area (Å²) in [6.07, 6.45) is 4.59. The predicted molar refractivity (Wildman–Crippen MR) is 146 cm³/mol. The van der Waals surface area contributed by atoms with Crippen molar-refractivity contribution in [2.24, 2.45) is 0 Å². The van der Waals surface area contributed by atoms with E-state index < -0.39 is 0 Å². The van der Waals surface area contributed by atoms with Crippen molar-refractivity contribution in [3.05, 3.63) is 94.3 Å². The minimum atomic E-state index is -0.374. The second-order valence-electron chi connectivity index (χ2n) is 9.40. The number of carbonyl (C=O) groups excluding carboxylic acids is 2. The van der Waals surface area contributed by atoms with Gasteiger partial charge in [-0.2, -0.15) is 0 Å². The molecule has 0 aliphatic heterocycles. The standard InChI is InChI=1S/C31H36N2O5/c1-4-38-31(35)27-17-16-25-26(32-27)9-7-10-28(25)33(21-19-23-8-5-6-11-29(23)36-2)20-18-22-12-14-24(15-13-22)30(34)37-3/h5-6,8,11-17,28H,4,7,9-10,18-21H2,1-3H3. The van der Waals surface area contributed by atoms with Gasteiger partial charge < -0.3 is 14.2 Å². The van der Waals surface area contributed by atoms with Gasteiger partial charge in [-0.25, -0.2) is 14.6 Å². The molecule has 0 radical (unpaired) electrons. The van der Waals surface area contributed by atoms with Crippen molar-refractivity contribution >= 4 is 11.9 Å². The molecule has 1 atom stereocenters. The molecule has 1 unspecified atom stereocenters. The van der Waals surface area contributed by atoms with Crippen LogP contribution >= 0.6 is 0 Å². The van der Waals surface area contributed by atoms with Crippen molar-refractivity contribution < 1.29 is 23.8 Å². The van der Waals surface area contributed by atoms with Crippen molar-refractivity contribution in [3.63, 3.8) is 0 Å². The molecule has 0 amide bonds. The van der Waals surface area contributed by atoms with Gasteiger partial charge in [-0.3, -0.25) is 4.90 Å². The van der Waals surface area contributed by atoms with Crippen LogP contribution in [0.3, 0.4) is 0 Å². The molecule has 0 bridgehead atoms. The summed E-state index contributed by atoms with van der Waals surface area (Å²) in [7, 11) is 3.10. The number of hydrogen-bond acceptors (Lipinski definition) is 7. The maximum Gasteiger partial charge on any atom is 0.356 e. The number of fused-ring (bicyclic) bond motifs is 1.